The zero-order chi connectivity index (χ0) is 29.1. The molecular formula is C39H69N2+. The van der Waals surface area contributed by atoms with E-state index in [1.807, 2.05) is 0 Å². The number of aromatic nitrogens is 2. The molecule has 2 rings (SSSR count). The summed E-state index contributed by atoms with van der Waals surface area (Å²) < 4.78 is 2.54. The minimum absolute atomic E-state index is 0.694. The second-order valence-electron chi connectivity index (χ2n) is 13.0. The second-order valence-corrected chi connectivity index (χ2v) is 13.0. The predicted molar refractivity (Wildman–Crippen MR) is 181 cm³/mol. The van der Waals surface area contributed by atoms with Gasteiger partial charge in [0.2, 0.25) is 0 Å². The van der Waals surface area contributed by atoms with Gasteiger partial charge in [-0.15, -0.1) is 0 Å². The Kier molecular flexibility index (Phi) is 22.7. The molecule has 1 aromatic carbocycles. The molecular weight excluding hydrogens is 496 g/mol. The van der Waals surface area contributed by atoms with Crippen LogP contribution in [0.4, 0.5) is 0 Å². The van der Waals surface area contributed by atoms with Crippen molar-refractivity contribution in [2.75, 3.05) is 0 Å². The Morgan fingerprint density at radius 3 is 1.44 bits per heavy atom. The van der Waals surface area contributed by atoms with E-state index in [9.17, 15) is 0 Å². The summed E-state index contributed by atoms with van der Waals surface area (Å²) >= 11 is 0. The van der Waals surface area contributed by atoms with Gasteiger partial charge in [0, 0.05) is 0 Å². The molecule has 1 atom stereocenters. The SMILES string of the molecule is CCCCCCCCCCCCCCCC[C@H](CCCCCCCCCC)c1[nH]cc[n+]1CCCc1ccccc1. The van der Waals surface area contributed by atoms with Crippen LogP contribution >= 0.6 is 0 Å². The summed E-state index contributed by atoms with van der Waals surface area (Å²) in [6.45, 7) is 5.75. The largest absolute Gasteiger partial charge is 0.257 e. The van der Waals surface area contributed by atoms with E-state index in [2.05, 4.69) is 66.1 Å². The van der Waals surface area contributed by atoms with Crippen LogP contribution in [0.2, 0.25) is 0 Å². The molecule has 0 saturated heterocycles. The van der Waals surface area contributed by atoms with E-state index in [1.165, 1.54) is 178 Å². The summed E-state index contributed by atoms with van der Waals surface area (Å²) in [6.07, 6.45) is 41.0. The molecule has 0 amide bonds. The summed E-state index contributed by atoms with van der Waals surface area (Å²) in [5.41, 5.74) is 1.46. The second kappa shape index (κ2) is 26.1. The molecule has 234 valence electrons. The van der Waals surface area contributed by atoms with Crippen LogP contribution in [0.5, 0.6) is 0 Å². The molecule has 1 aromatic heterocycles. The Labute approximate surface area is 256 Å². The first-order valence-electron chi connectivity index (χ1n) is 18.5. The van der Waals surface area contributed by atoms with Gasteiger partial charge in [-0.1, -0.05) is 185 Å². The Morgan fingerprint density at radius 1 is 0.537 bits per heavy atom. The average molecular weight is 566 g/mol. The maximum atomic E-state index is 3.69. The quantitative estimate of drug-likeness (QED) is 0.0747. The fourth-order valence-corrected chi connectivity index (χ4v) is 6.55. The van der Waals surface area contributed by atoms with Gasteiger partial charge in [0.05, 0.1) is 12.5 Å². The number of H-pyrrole nitrogens is 1. The number of aryl methyl sites for hydroxylation is 2. The van der Waals surface area contributed by atoms with Gasteiger partial charge in [-0.2, -0.15) is 0 Å². The number of aromatic amines is 1. The Bertz CT molecular complexity index is 795. The third-order valence-corrected chi connectivity index (χ3v) is 9.20. The zero-order valence-corrected chi connectivity index (χ0v) is 27.7. The first-order chi connectivity index (χ1) is 20.3. The number of unbranched alkanes of at least 4 members (excludes halogenated alkanes) is 20. The van der Waals surface area contributed by atoms with Crippen molar-refractivity contribution in [3.8, 4) is 0 Å². The van der Waals surface area contributed by atoms with E-state index >= 15 is 0 Å². The van der Waals surface area contributed by atoms with Gasteiger partial charge in [0.15, 0.2) is 0 Å². The van der Waals surface area contributed by atoms with Gasteiger partial charge in [-0.25, -0.2) is 9.55 Å². The van der Waals surface area contributed by atoms with E-state index in [1.54, 1.807) is 0 Å². The first-order valence-corrected chi connectivity index (χ1v) is 18.5. The molecule has 0 aliphatic carbocycles. The van der Waals surface area contributed by atoms with E-state index in [-0.39, 0.29) is 0 Å². The maximum Gasteiger partial charge on any atom is 0.257 e. The van der Waals surface area contributed by atoms with Crippen LogP contribution in [0, 0.1) is 0 Å². The lowest BCUT2D eigenvalue weighted by molar-refractivity contribution is -0.704. The minimum atomic E-state index is 0.694. The van der Waals surface area contributed by atoms with E-state index in [0.717, 1.165) is 6.54 Å². The number of imidazole rings is 1. The molecule has 0 fully saturated rings. The van der Waals surface area contributed by atoms with Gasteiger partial charge in [0.25, 0.3) is 5.82 Å². The number of nitrogens with one attached hydrogen (secondary N) is 1. The molecule has 2 aromatic rings. The molecule has 0 aliphatic rings. The third-order valence-electron chi connectivity index (χ3n) is 9.20. The van der Waals surface area contributed by atoms with E-state index in [0.29, 0.717) is 5.92 Å². The van der Waals surface area contributed by atoms with Crippen molar-refractivity contribution in [3.63, 3.8) is 0 Å². The zero-order valence-electron chi connectivity index (χ0n) is 27.7. The first kappa shape index (κ1) is 35.6. The Hall–Kier alpha value is -1.57. The van der Waals surface area contributed by atoms with Crippen LogP contribution in [0.3, 0.4) is 0 Å². The van der Waals surface area contributed by atoms with Gasteiger partial charge in [-0.3, -0.25) is 0 Å². The molecule has 2 nitrogen and oxygen atoms in total. The van der Waals surface area contributed by atoms with Crippen molar-refractivity contribution in [2.24, 2.45) is 0 Å². The van der Waals surface area contributed by atoms with E-state index in [4.69, 9.17) is 0 Å². The van der Waals surface area contributed by atoms with Crippen molar-refractivity contribution < 1.29 is 4.57 Å². The highest BCUT2D eigenvalue weighted by Crippen LogP contribution is 2.26. The lowest BCUT2D eigenvalue weighted by Crippen LogP contribution is -2.37. The predicted octanol–water partition coefficient (Wildman–Crippen LogP) is 12.4. The standard InChI is InChI=1S/C39H68N2/c1-3-5-7-9-11-13-14-15-16-17-18-20-22-27-33-38(32-26-21-19-12-10-8-6-4-2)39-40-34-36-41(39)35-28-31-37-29-24-23-25-30-37/h23-25,29-30,34,36,38H,3-22,26-28,31-33,35H2,1-2H3/p+1/t38-/m0/s1. The number of rotatable bonds is 29. The fourth-order valence-electron chi connectivity index (χ4n) is 6.55. The van der Waals surface area contributed by atoms with Gasteiger partial charge in [-0.05, 0) is 31.2 Å². The lowest BCUT2D eigenvalue weighted by Gasteiger charge is -2.14. The number of hydrogen-bond acceptors (Lipinski definition) is 0. The summed E-state index contributed by atoms with van der Waals surface area (Å²) in [7, 11) is 0. The molecule has 0 saturated carbocycles. The lowest BCUT2D eigenvalue weighted by atomic mass is 9.93. The maximum absolute atomic E-state index is 3.69. The van der Waals surface area contributed by atoms with Crippen LogP contribution in [-0.4, -0.2) is 4.98 Å². The number of nitrogens with zero attached hydrogens (tertiary/aromatic N) is 1. The molecule has 0 bridgehead atoms. The highest BCUT2D eigenvalue weighted by molar-refractivity contribution is 5.14. The molecule has 1 N–H and O–H groups in total. The topological polar surface area (TPSA) is 19.7 Å². The molecule has 0 aliphatic heterocycles. The van der Waals surface area contributed by atoms with Crippen LogP contribution in [0.1, 0.15) is 192 Å². The average Bonchev–Trinajstić information content (AvgIpc) is 3.46. The monoisotopic (exact) mass is 566 g/mol. The highest BCUT2D eigenvalue weighted by atomic mass is 15.1. The fraction of sp³-hybridized carbons (Fsp3) is 0.769. The van der Waals surface area contributed by atoms with Crippen LogP contribution < -0.4 is 4.57 Å². The van der Waals surface area contributed by atoms with Crippen molar-refractivity contribution in [2.45, 2.75) is 193 Å². The molecule has 0 radical (unpaired) electrons. The normalized spacial score (nSPS) is 12.2. The number of hydrogen-bond donors (Lipinski definition) is 1. The molecule has 0 unspecified atom stereocenters. The van der Waals surface area contributed by atoms with E-state index < -0.39 is 0 Å². The smallest absolute Gasteiger partial charge is 0.247 e. The minimum Gasteiger partial charge on any atom is -0.247 e. The van der Waals surface area contributed by atoms with Gasteiger partial charge < -0.3 is 0 Å². The Morgan fingerprint density at radius 2 is 0.976 bits per heavy atom. The van der Waals surface area contributed by atoms with Crippen molar-refractivity contribution in [3.05, 3.63) is 54.1 Å². The molecule has 41 heavy (non-hydrogen) atoms. The summed E-state index contributed by atoms with van der Waals surface area (Å²) in [6, 6.07) is 11.0. The molecule has 1 heterocycles. The van der Waals surface area contributed by atoms with Crippen LogP contribution in [-0.2, 0) is 13.0 Å². The summed E-state index contributed by atoms with van der Waals surface area (Å²) in [4.78, 5) is 3.69. The van der Waals surface area contributed by atoms with Crippen molar-refractivity contribution in [1.29, 1.82) is 0 Å². The van der Waals surface area contributed by atoms with Crippen molar-refractivity contribution >= 4 is 0 Å². The van der Waals surface area contributed by atoms with Crippen molar-refractivity contribution in [1.82, 2.24) is 4.98 Å². The molecule has 0 spiro atoms. The van der Waals surface area contributed by atoms with Crippen LogP contribution in [0.25, 0.3) is 0 Å². The molecule has 2 heteroatoms. The van der Waals surface area contributed by atoms with Gasteiger partial charge in [0.1, 0.15) is 12.4 Å². The van der Waals surface area contributed by atoms with Crippen LogP contribution in [0.15, 0.2) is 42.7 Å². The third kappa shape index (κ3) is 18.6. The highest BCUT2D eigenvalue weighted by Gasteiger charge is 2.22. The number of benzene rings is 1. The summed E-state index contributed by atoms with van der Waals surface area (Å²) in [5, 5.41) is 0. The van der Waals surface area contributed by atoms with Gasteiger partial charge >= 0.3 is 0 Å². The summed E-state index contributed by atoms with van der Waals surface area (Å²) in [5.74, 6) is 2.19. The Balaban J connectivity index is 1.66.